The van der Waals surface area contributed by atoms with Gasteiger partial charge in [-0.25, -0.2) is 5.84 Å². The number of hydrazine groups is 1. The minimum Gasteiger partial charge on any atom is -0.324 e. The van der Waals surface area contributed by atoms with Gasteiger partial charge in [-0.15, -0.1) is 11.8 Å². The molecular formula is C13H19N3OS. The molecule has 98 valence electrons. The van der Waals surface area contributed by atoms with Gasteiger partial charge >= 0.3 is 0 Å². The van der Waals surface area contributed by atoms with Crippen LogP contribution in [0.25, 0.3) is 0 Å². The summed E-state index contributed by atoms with van der Waals surface area (Å²) < 4.78 is 0. The van der Waals surface area contributed by atoms with Crippen molar-refractivity contribution in [3.05, 3.63) is 29.3 Å². The summed E-state index contributed by atoms with van der Waals surface area (Å²) in [7, 11) is 1.54. The van der Waals surface area contributed by atoms with Gasteiger partial charge in [-0.05, 0) is 35.8 Å². The molecule has 4 N–H and O–H groups in total. The first-order valence-electron chi connectivity index (χ1n) is 6.10. The van der Waals surface area contributed by atoms with E-state index in [1.54, 1.807) is 7.05 Å². The highest BCUT2D eigenvalue weighted by atomic mass is 32.2. The molecule has 1 atom stereocenters. The molecule has 2 rings (SSSR count). The fourth-order valence-corrected chi connectivity index (χ4v) is 3.08. The second kappa shape index (κ2) is 5.73. The predicted molar refractivity (Wildman–Crippen MR) is 74.0 cm³/mol. The number of carbonyl (C=O) groups excluding carboxylic acids is 1. The number of benzene rings is 1. The summed E-state index contributed by atoms with van der Waals surface area (Å²) in [5, 5.41) is 1.09. The molecule has 1 aromatic rings. The largest absolute Gasteiger partial charge is 0.324 e. The van der Waals surface area contributed by atoms with Gasteiger partial charge in [0.25, 0.3) is 0 Å². The second-order valence-corrected chi connectivity index (χ2v) is 5.77. The second-order valence-electron chi connectivity index (χ2n) is 4.63. The lowest BCUT2D eigenvalue weighted by molar-refractivity contribution is -0.130. The summed E-state index contributed by atoms with van der Waals surface area (Å²) in [6, 6.07) is 5.99. The van der Waals surface area contributed by atoms with Crippen molar-refractivity contribution in [2.75, 3.05) is 12.8 Å². The van der Waals surface area contributed by atoms with Crippen molar-refractivity contribution in [3.63, 3.8) is 0 Å². The van der Waals surface area contributed by atoms with E-state index in [1.165, 1.54) is 22.6 Å². The van der Waals surface area contributed by atoms with E-state index < -0.39 is 0 Å². The average molecular weight is 265 g/mol. The van der Waals surface area contributed by atoms with Crippen molar-refractivity contribution < 1.29 is 4.79 Å². The third-order valence-electron chi connectivity index (χ3n) is 3.15. The van der Waals surface area contributed by atoms with Crippen LogP contribution in [0.5, 0.6) is 0 Å². The molecule has 1 aliphatic rings. The Morgan fingerprint density at radius 2 is 2.33 bits per heavy atom. The van der Waals surface area contributed by atoms with Gasteiger partial charge in [0.05, 0.1) is 0 Å². The van der Waals surface area contributed by atoms with Crippen LogP contribution in [-0.4, -0.2) is 23.7 Å². The van der Waals surface area contributed by atoms with Crippen molar-refractivity contribution in [3.8, 4) is 0 Å². The third-order valence-corrected chi connectivity index (χ3v) is 4.35. The van der Waals surface area contributed by atoms with Crippen LogP contribution >= 0.6 is 11.8 Å². The molecule has 1 aliphatic heterocycles. The Morgan fingerprint density at radius 3 is 3.06 bits per heavy atom. The van der Waals surface area contributed by atoms with Crippen molar-refractivity contribution in [1.82, 2.24) is 5.01 Å². The lowest BCUT2D eigenvalue weighted by Crippen LogP contribution is -2.35. The standard InChI is InChI=1S/C13H19N3OS/c1-16(15)13(17)8-11(14)9-4-5-12-10(7-9)3-2-6-18-12/h4-5,7,11H,2-3,6,8,14-15H2,1H3. The van der Waals surface area contributed by atoms with E-state index in [-0.39, 0.29) is 18.4 Å². The Bertz CT molecular complexity index is 448. The maximum absolute atomic E-state index is 11.5. The first-order chi connectivity index (χ1) is 8.58. The van der Waals surface area contributed by atoms with E-state index in [2.05, 4.69) is 12.1 Å². The van der Waals surface area contributed by atoms with Crippen LogP contribution in [0.15, 0.2) is 23.1 Å². The molecule has 1 heterocycles. The molecule has 0 bridgehead atoms. The SMILES string of the molecule is CN(N)C(=O)CC(N)c1ccc2c(c1)CCCS2. The highest BCUT2D eigenvalue weighted by molar-refractivity contribution is 7.99. The summed E-state index contributed by atoms with van der Waals surface area (Å²) >= 11 is 1.89. The smallest absolute Gasteiger partial charge is 0.238 e. The van der Waals surface area contributed by atoms with Crippen LogP contribution in [0.4, 0.5) is 0 Å². The van der Waals surface area contributed by atoms with Crippen molar-refractivity contribution in [2.45, 2.75) is 30.2 Å². The summed E-state index contributed by atoms with van der Waals surface area (Å²) in [6.07, 6.45) is 2.56. The lowest BCUT2D eigenvalue weighted by atomic mass is 9.99. The molecule has 0 radical (unpaired) electrons. The fraction of sp³-hybridized carbons (Fsp3) is 0.462. The van der Waals surface area contributed by atoms with Gasteiger partial charge in [0, 0.05) is 24.4 Å². The summed E-state index contributed by atoms with van der Waals surface area (Å²) in [6.45, 7) is 0. The molecule has 0 spiro atoms. The molecule has 1 amide bonds. The van der Waals surface area contributed by atoms with Crippen molar-refractivity contribution in [1.29, 1.82) is 0 Å². The molecular weight excluding hydrogens is 246 g/mol. The topological polar surface area (TPSA) is 72.3 Å². The zero-order chi connectivity index (χ0) is 13.1. The van der Waals surface area contributed by atoms with E-state index in [0.29, 0.717) is 0 Å². The predicted octanol–water partition coefficient (Wildman–Crippen LogP) is 1.45. The molecule has 5 heteroatoms. The highest BCUT2D eigenvalue weighted by Gasteiger charge is 2.16. The summed E-state index contributed by atoms with van der Waals surface area (Å²) in [5.74, 6) is 6.44. The summed E-state index contributed by atoms with van der Waals surface area (Å²) in [5.41, 5.74) is 8.43. The van der Waals surface area contributed by atoms with Crippen molar-refractivity contribution >= 4 is 17.7 Å². The van der Waals surface area contributed by atoms with E-state index in [1.807, 2.05) is 17.8 Å². The molecule has 0 fully saturated rings. The maximum atomic E-state index is 11.5. The average Bonchev–Trinajstić information content (AvgIpc) is 2.37. The number of nitrogens with two attached hydrogens (primary N) is 2. The zero-order valence-corrected chi connectivity index (χ0v) is 11.4. The van der Waals surface area contributed by atoms with Gasteiger partial charge in [-0.3, -0.25) is 9.80 Å². The Kier molecular flexibility index (Phi) is 4.27. The van der Waals surface area contributed by atoms with E-state index in [9.17, 15) is 4.79 Å². The number of hydrogen-bond donors (Lipinski definition) is 2. The number of nitrogens with zero attached hydrogens (tertiary/aromatic N) is 1. The van der Waals surface area contributed by atoms with Crippen LogP contribution in [0.1, 0.15) is 30.0 Å². The van der Waals surface area contributed by atoms with E-state index >= 15 is 0 Å². The number of aryl methyl sites for hydroxylation is 1. The molecule has 0 saturated heterocycles. The fourth-order valence-electron chi connectivity index (χ4n) is 2.06. The Morgan fingerprint density at radius 1 is 1.56 bits per heavy atom. The number of carbonyl (C=O) groups is 1. The molecule has 1 unspecified atom stereocenters. The van der Waals surface area contributed by atoms with E-state index in [4.69, 9.17) is 11.6 Å². The van der Waals surface area contributed by atoms with Crippen LogP contribution in [-0.2, 0) is 11.2 Å². The third kappa shape index (κ3) is 3.04. The lowest BCUT2D eigenvalue weighted by Gasteiger charge is -2.19. The number of thioether (sulfide) groups is 1. The molecule has 0 saturated carbocycles. The number of rotatable bonds is 3. The summed E-state index contributed by atoms with van der Waals surface area (Å²) in [4.78, 5) is 12.9. The minimum atomic E-state index is -0.277. The van der Waals surface area contributed by atoms with Crippen LogP contribution < -0.4 is 11.6 Å². The van der Waals surface area contributed by atoms with Gasteiger partial charge < -0.3 is 5.73 Å². The van der Waals surface area contributed by atoms with Crippen molar-refractivity contribution in [2.24, 2.45) is 11.6 Å². The Balaban J connectivity index is 2.11. The van der Waals surface area contributed by atoms with Gasteiger partial charge in [-0.1, -0.05) is 12.1 Å². The monoisotopic (exact) mass is 265 g/mol. The molecule has 1 aromatic carbocycles. The maximum Gasteiger partial charge on any atom is 0.238 e. The number of amides is 1. The Hall–Kier alpha value is -1.04. The normalized spacial score (nSPS) is 15.9. The van der Waals surface area contributed by atoms with E-state index in [0.717, 1.165) is 17.0 Å². The molecule has 0 aromatic heterocycles. The van der Waals surface area contributed by atoms with Crippen LogP contribution in [0.2, 0.25) is 0 Å². The minimum absolute atomic E-state index is 0.144. The molecule has 18 heavy (non-hydrogen) atoms. The molecule has 4 nitrogen and oxygen atoms in total. The quantitative estimate of drug-likeness (QED) is 0.493. The first-order valence-corrected chi connectivity index (χ1v) is 7.09. The van der Waals surface area contributed by atoms with Gasteiger partial charge in [0.15, 0.2) is 0 Å². The molecule has 0 aliphatic carbocycles. The van der Waals surface area contributed by atoms with Gasteiger partial charge in [0.1, 0.15) is 0 Å². The van der Waals surface area contributed by atoms with Gasteiger partial charge in [0.2, 0.25) is 5.91 Å². The van der Waals surface area contributed by atoms with Crippen LogP contribution in [0, 0.1) is 0 Å². The number of hydrogen-bond acceptors (Lipinski definition) is 4. The Labute approximate surface area is 112 Å². The number of fused-ring (bicyclic) bond motifs is 1. The van der Waals surface area contributed by atoms with Crippen LogP contribution in [0.3, 0.4) is 0 Å². The zero-order valence-electron chi connectivity index (χ0n) is 10.6. The highest BCUT2D eigenvalue weighted by Crippen LogP contribution is 2.31. The first kappa shape index (κ1) is 13.4. The van der Waals surface area contributed by atoms with Gasteiger partial charge in [-0.2, -0.15) is 0 Å².